The molecular formula is C8H12F9NO. The minimum atomic E-state index is -6.98. The van der Waals surface area contributed by atoms with E-state index in [1.165, 1.54) is 0 Å². The first kappa shape index (κ1) is 20.6. The summed E-state index contributed by atoms with van der Waals surface area (Å²) < 4.78 is 103. The van der Waals surface area contributed by atoms with Gasteiger partial charge in [0.25, 0.3) is 0 Å². The Morgan fingerprint density at radius 1 is 0.579 bits per heavy atom. The molecule has 0 aromatic heterocycles. The molecule has 0 amide bonds. The van der Waals surface area contributed by atoms with Crippen LogP contribution in [-0.4, -0.2) is 56.8 Å². The number of hydrogen-bond acceptors (Lipinski definition) is 1. The Morgan fingerprint density at radius 3 is 0.684 bits per heavy atom. The fourth-order valence-electron chi connectivity index (χ4n) is 0.482. The molecule has 0 atom stereocenters. The lowest BCUT2D eigenvalue weighted by Gasteiger charge is -2.43. The molecule has 0 aliphatic rings. The largest absolute Gasteiger partial charge is 0.830 e. The molecule has 0 fully saturated rings. The van der Waals surface area contributed by atoms with Crippen molar-refractivity contribution in [3.05, 3.63) is 0 Å². The lowest BCUT2D eigenvalue weighted by atomic mass is 10.0. The van der Waals surface area contributed by atoms with Gasteiger partial charge in [0, 0.05) is 0 Å². The Hall–Kier alpha value is -0.710. The Bertz CT molecular complexity index is 241. The van der Waals surface area contributed by atoms with Crippen LogP contribution in [0.3, 0.4) is 0 Å². The quantitative estimate of drug-likeness (QED) is 0.496. The summed E-state index contributed by atoms with van der Waals surface area (Å²) in [5.41, 5.74) is -6.94. The van der Waals surface area contributed by atoms with Gasteiger partial charge in [-0.2, -0.15) is 39.5 Å². The van der Waals surface area contributed by atoms with E-state index < -0.39 is 24.1 Å². The van der Waals surface area contributed by atoms with Crippen LogP contribution in [0.5, 0.6) is 0 Å². The van der Waals surface area contributed by atoms with Crippen LogP contribution < -0.4 is 5.11 Å². The van der Waals surface area contributed by atoms with Gasteiger partial charge in [0.1, 0.15) is 0 Å². The van der Waals surface area contributed by atoms with E-state index in [9.17, 15) is 44.6 Å². The molecule has 0 bridgehead atoms. The van der Waals surface area contributed by atoms with E-state index in [2.05, 4.69) is 28.2 Å². The molecular weight excluding hydrogens is 297 g/mol. The summed E-state index contributed by atoms with van der Waals surface area (Å²) in [4.78, 5) is 0. The minimum Gasteiger partial charge on any atom is -0.830 e. The van der Waals surface area contributed by atoms with Gasteiger partial charge in [0.2, 0.25) is 0 Å². The molecule has 0 aliphatic heterocycles. The average molecular weight is 309 g/mol. The summed E-state index contributed by atoms with van der Waals surface area (Å²) in [5, 5.41) is 9.79. The van der Waals surface area contributed by atoms with Crippen LogP contribution in [0.15, 0.2) is 0 Å². The Morgan fingerprint density at radius 2 is 0.684 bits per heavy atom. The van der Waals surface area contributed by atoms with Crippen LogP contribution in [-0.2, 0) is 0 Å². The van der Waals surface area contributed by atoms with Gasteiger partial charge in [-0.05, 0) is 0 Å². The van der Waals surface area contributed by atoms with Gasteiger partial charge in [0.05, 0.1) is 28.2 Å². The highest BCUT2D eigenvalue weighted by Gasteiger charge is 2.75. The van der Waals surface area contributed by atoms with E-state index in [1.807, 2.05) is 0 Å². The van der Waals surface area contributed by atoms with Crippen LogP contribution in [0, 0.1) is 0 Å². The fraction of sp³-hybridized carbons (Fsp3) is 1.00. The first-order valence-electron chi connectivity index (χ1n) is 4.44. The highest BCUT2D eigenvalue weighted by molar-refractivity contribution is 4.98. The third-order valence-corrected chi connectivity index (χ3v) is 1.20. The lowest BCUT2D eigenvalue weighted by Crippen LogP contribution is -2.74. The minimum absolute atomic E-state index is 1.00. The van der Waals surface area contributed by atoms with Crippen molar-refractivity contribution in [2.24, 2.45) is 0 Å². The van der Waals surface area contributed by atoms with E-state index in [1.54, 1.807) is 0 Å². The highest BCUT2D eigenvalue weighted by Crippen LogP contribution is 2.49. The topological polar surface area (TPSA) is 23.1 Å². The summed E-state index contributed by atoms with van der Waals surface area (Å²) in [5.74, 6) is 0. The highest BCUT2D eigenvalue weighted by atomic mass is 19.4. The van der Waals surface area contributed by atoms with Crippen LogP contribution >= 0.6 is 0 Å². The average Bonchev–Trinajstić information content (AvgIpc) is 1.92. The molecule has 0 heterocycles. The molecule has 0 unspecified atom stereocenters. The summed E-state index contributed by atoms with van der Waals surface area (Å²) in [6.45, 7) is 0. The van der Waals surface area contributed by atoms with Crippen molar-refractivity contribution < 1.29 is 49.1 Å². The zero-order valence-corrected chi connectivity index (χ0v) is 10.3. The summed E-state index contributed by atoms with van der Waals surface area (Å²) >= 11 is 0. The van der Waals surface area contributed by atoms with Crippen molar-refractivity contribution in [2.75, 3.05) is 28.2 Å². The third kappa shape index (κ3) is 5.85. The normalized spacial score (nSPS) is 14.8. The van der Waals surface area contributed by atoms with Gasteiger partial charge >= 0.3 is 18.5 Å². The van der Waals surface area contributed by atoms with Crippen LogP contribution in [0.4, 0.5) is 39.5 Å². The molecule has 118 valence electrons. The van der Waals surface area contributed by atoms with Crippen LogP contribution in [0.1, 0.15) is 0 Å². The molecule has 19 heavy (non-hydrogen) atoms. The molecule has 2 nitrogen and oxygen atoms in total. The summed E-state index contributed by atoms with van der Waals surface area (Å²) in [6.07, 6.45) is -20.9. The van der Waals surface area contributed by atoms with E-state index >= 15 is 0 Å². The van der Waals surface area contributed by atoms with Crippen molar-refractivity contribution in [3.8, 4) is 0 Å². The van der Waals surface area contributed by atoms with E-state index in [0.29, 0.717) is 0 Å². The van der Waals surface area contributed by atoms with Gasteiger partial charge in [-0.3, -0.25) is 0 Å². The number of quaternary nitrogens is 1. The van der Waals surface area contributed by atoms with Crippen molar-refractivity contribution in [2.45, 2.75) is 24.1 Å². The molecule has 0 rings (SSSR count). The van der Waals surface area contributed by atoms with Crippen molar-refractivity contribution in [1.82, 2.24) is 0 Å². The fourth-order valence-corrected chi connectivity index (χ4v) is 0.482. The maximum atomic E-state index is 11.3. The lowest BCUT2D eigenvalue weighted by molar-refractivity contribution is -0.849. The van der Waals surface area contributed by atoms with E-state index in [-0.39, 0.29) is 0 Å². The maximum absolute atomic E-state index is 11.3. The summed E-state index contributed by atoms with van der Waals surface area (Å²) in [6, 6.07) is 0. The van der Waals surface area contributed by atoms with Crippen LogP contribution in [0.25, 0.3) is 0 Å². The molecule has 11 heteroatoms. The zero-order valence-electron chi connectivity index (χ0n) is 10.3. The second-order valence-corrected chi connectivity index (χ2v) is 4.86. The zero-order chi connectivity index (χ0) is 16.5. The van der Waals surface area contributed by atoms with Crippen molar-refractivity contribution in [3.63, 3.8) is 0 Å². The smallest absolute Gasteiger partial charge is 0.397 e. The van der Waals surface area contributed by atoms with Crippen LogP contribution in [0.2, 0.25) is 0 Å². The van der Waals surface area contributed by atoms with E-state index in [4.69, 9.17) is 0 Å². The number of alkyl halides is 9. The van der Waals surface area contributed by atoms with Gasteiger partial charge in [-0.25, -0.2) is 0 Å². The molecule has 0 aliphatic carbocycles. The molecule has 0 saturated heterocycles. The van der Waals surface area contributed by atoms with Gasteiger partial charge in [0.15, 0.2) is 5.60 Å². The van der Waals surface area contributed by atoms with E-state index in [0.717, 1.165) is 4.48 Å². The molecule has 0 saturated carbocycles. The third-order valence-electron chi connectivity index (χ3n) is 1.20. The molecule has 0 aromatic carbocycles. The Labute approximate surface area is 103 Å². The van der Waals surface area contributed by atoms with Crippen molar-refractivity contribution >= 4 is 0 Å². The monoisotopic (exact) mass is 309 g/mol. The number of nitrogens with zero attached hydrogens (tertiary/aromatic N) is 1. The van der Waals surface area contributed by atoms with Gasteiger partial charge in [-0.15, -0.1) is 0 Å². The summed E-state index contributed by atoms with van der Waals surface area (Å²) in [7, 11) is 8.50. The number of hydrogen-bond donors (Lipinski definition) is 0. The number of halogens is 9. The molecule has 0 aromatic rings. The predicted molar refractivity (Wildman–Crippen MR) is 44.9 cm³/mol. The Balaban J connectivity index is 0. The second-order valence-electron chi connectivity index (χ2n) is 4.86. The second kappa shape index (κ2) is 5.35. The molecule has 0 radical (unpaired) electrons. The Kier molecular flexibility index (Phi) is 5.80. The standard InChI is InChI=1S/C4F9O.C4H12N/c5-2(6,7)1(14,3(8,9)10)4(11,12)13;1-5(2,3)4/h;1-4H3/q-1;+1. The van der Waals surface area contributed by atoms with Gasteiger partial charge in [-0.1, -0.05) is 0 Å². The number of rotatable bonds is 0. The van der Waals surface area contributed by atoms with Gasteiger partial charge < -0.3 is 9.59 Å². The van der Waals surface area contributed by atoms with Crippen molar-refractivity contribution in [1.29, 1.82) is 0 Å². The predicted octanol–water partition coefficient (Wildman–Crippen LogP) is 2.09. The molecule has 0 N–H and O–H groups in total. The first-order valence-corrected chi connectivity index (χ1v) is 4.44. The molecule has 0 spiro atoms. The first-order chi connectivity index (χ1) is 7.75. The maximum Gasteiger partial charge on any atom is 0.397 e. The SMILES string of the molecule is C[N+](C)(C)C.[O-]C(C(F)(F)F)(C(F)(F)F)C(F)(F)F.